The number of anilines is 1. The molecule has 1 atom stereocenters. The molecule has 0 amide bonds. The van der Waals surface area contributed by atoms with Gasteiger partial charge in [-0.15, -0.1) is 0 Å². The second kappa shape index (κ2) is 6.76. The third kappa shape index (κ3) is 3.96. The highest BCUT2D eigenvalue weighted by atomic mass is 79.9. The van der Waals surface area contributed by atoms with E-state index in [1.165, 1.54) is 35.1 Å². The lowest BCUT2D eigenvalue weighted by Gasteiger charge is -2.25. The van der Waals surface area contributed by atoms with E-state index in [4.69, 9.17) is 0 Å². The van der Waals surface area contributed by atoms with Crippen molar-refractivity contribution in [3.63, 3.8) is 0 Å². The lowest BCUT2D eigenvalue weighted by Crippen LogP contribution is -2.25. The first-order valence-corrected chi connectivity index (χ1v) is 8.22. The summed E-state index contributed by atoms with van der Waals surface area (Å²) in [6, 6.07) is 7.19. The van der Waals surface area contributed by atoms with Crippen LogP contribution in [0.4, 0.5) is 5.69 Å². The average molecular weight is 325 g/mol. The van der Waals surface area contributed by atoms with Gasteiger partial charge in [-0.3, -0.25) is 0 Å². The molecule has 2 rings (SSSR count). The molecule has 0 spiro atoms. The van der Waals surface area contributed by atoms with Crippen molar-refractivity contribution in [3.8, 4) is 0 Å². The smallest absolute Gasteiger partial charge is 0.0510 e. The summed E-state index contributed by atoms with van der Waals surface area (Å²) in [4.78, 5) is 2.49. The fourth-order valence-corrected chi connectivity index (χ4v) is 3.13. The summed E-state index contributed by atoms with van der Waals surface area (Å²) in [5, 5.41) is 3.46. The molecule has 1 unspecified atom stereocenters. The predicted octanol–water partition coefficient (Wildman–Crippen LogP) is 4.36. The van der Waals surface area contributed by atoms with Crippen molar-refractivity contribution < 1.29 is 0 Å². The Labute approximate surface area is 125 Å². The van der Waals surface area contributed by atoms with Crippen LogP contribution in [-0.4, -0.2) is 19.6 Å². The lowest BCUT2D eigenvalue weighted by atomic mass is 10.1. The summed E-state index contributed by atoms with van der Waals surface area (Å²) in [5.41, 5.74) is 2.68. The van der Waals surface area contributed by atoms with Gasteiger partial charge in [0.2, 0.25) is 0 Å². The van der Waals surface area contributed by atoms with Gasteiger partial charge in [0.15, 0.2) is 0 Å². The van der Waals surface area contributed by atoms with E-state index >= 15 is 0 Å². The molecular weight excluding hydrogens is 300 g/mol. The van der Waals surface area contributed by atoms with Crippen LogP contribution in [0.5, 0.6) is 0 Å². The van der Waals surface area contributed by atoms with Crippen molar-refractivity contribution in [1.29, 1.82) is 0 Å². The molecule has 106 valence electrons. The van der Waals surface area contributed by atoms with E-state index in [1.807, 2.05) is 0 Å². The number of rotatable bonds is 7. The van der Waals surface area contributed by atoms with Crippen LogP contribution in [0, 0.1) is 5.92 Å². The summed E-state index contributed by atoms with van der Waals surface area (Å²) in [7, 11) is 0. The maximum absolute atomic E-state index is 3.75. The first-order valence-electron chi connectivity index (χ1n) is 7.43. The zero-order valence-corrected chi connectivity index (χ0v) is 13.8. The number of hydrogen-bond donors (Lipinski definition) is 1. The molecule has 0 bridgehead atoms. The van der Waals surface area contributed by atoms with Crippen LogP contribution < -0.4 is 10.2 Å². The molecule has 0 heterocycles. The Morgan fingerprint density at radius 1 is 1.37 bits per heavy atom. The van der Waals surface area contributed by atoms with E-state index in [0.29, 0.717) is 6.04 Å². The van der Waals surface area contributed by atoms with Gasteiger partial charge in [-0.2, -0.15) is 0 Å². The van der Waals surface area contributed by atoms with Crippen LogP contribution in [0.15, 0.2) is 22.7 Å². The maximum Gasteiger partial charge on any atom is 0.0510 e. The van der Waals surface area contributed by atoms with Crippen molar-refractivity contribution in [2.45, 2.75) is 39.7 Å². The molecule has 3 heteroatoms. The second-order valence-electron chi connectivity index (χ2n) is 5.47. The molecule has 2 nitrogen and oxygen atoms in total. The van der Waals surface area contributed by atoms with Gasteiger partial charge >= 0.3 is 0 Å². The Morgan fingerprint density at radius 2 is 2.11 bits per heavy atom. The molecule has 0 aromatic heterocycles. The third-order valence-electron chi connectivity index (χ3n) is 3.88. The topological polar surface area (TPSA) is 15.3 Å². The number of benzene rings is 1. The van der Waals surface area contributed by atoms with Gasteiger partial charge in [0.05, 0.1) is 5.69 Å². The van der Waals surface area contributed by atoms with Crippen LogP contribution in [0.3, 0.4) is 0 Å². The van der Waals surface area contributed by atoms with Gasteiger partial charge in [0.1, 0.15) is 0 Å². The Kier molecular flexibility index (Phi) is 5.28. The van der Waals surface area contributed by atoms with Gasteiger partial charge in [0.25, 0.3) is 0 Å². The van der Waals surface area contributed by atoms with E-state index in [1.54, 1.807) is 0 Å². The Hall–Kier alpha value is -0.540. The van der Waals surface area contributed by atoms with Crippen molar-refractivity contribution in [2.75, 3.05) is 24.5 Å². The van der Waals surface area contributed by atoms with Crippen molar-refractivity contribution in [3.05, 3.63) is 28.2 Å². The molecule has 1 N–H and O–H groups in total. The minimum absolute atomic E-state index is 0.411. The lowest BCUT2D eigenvalue weighted by molar-refractivity contribution is 0.598. The van der Waals surface area contributed by atoms with Crippen molar-refractivity contribution in [2.24, 2.45) is 5.92 Å². The molecule has 1 saturated carbocycles. The van der Waals surface area contributed by atoms with Crippen LogP contribution in [0.2, 0.25) is 0 Å². The van der Waals surface area contributed by atoms with Crippen molar-refractivity contribution >= 4 is 21.6 Å². The number of nitrogens with zero attached hydrogens (tertiary/aromatic N) is 1. The van der Waals surface area contributed by atoms with Gasteiger partial charge in [0, 0.05) is 23.6 Å². The fourth-order valence-electron chi connectivity index (χ4n) is 2.48. The number of hydrogen-bond acceptors (Lipinski definition) is 2. The van der Waals surface area contributed by atoms with E-state index in [2.05, 4.69) is 65.1 Å². The fraction of sp³-hybridized carbons (Fsp3) is 0.625. The summed E-state index contributed by atoms with van der Waals surface area (Å²) in [6.45, 7) is 9.89. The molecule has 0 radical (unpaired) electrons. The zero-order chi connectivity index (χ0) is 13.8. The second-order valence-corrected chi connectivity index (χ2v) is 6.33. The van der Waals surface area contributed by atoms with Gasteiger partial charge in [-0.25, -0.2) is 0 Å². The van der Waals surface area contributed by atoms with Crippen LogP contribution >= 0.6 is 15.9 Å². The van der Waals surface area contributed by atoms with E-state index < -0.39 is 0 Å². The van der Waals surface area contributed by atoms with E-state index in [-0.39, 0.29) is 0 Å². The molecule has 1 aromatic rings. The minimum atomic E-state index is 0.411. The van der Waals surface area contributed by atoms with Crippen LogP contribution in [0.1, 0.15) is 45.2 Å². The first kappa shape index (κ1) is 14.9. The van der Waals surface area contributed by atoms with Gasteiger partial charge < -0.3 is 10.2 Å². The van der Waals surface area contributed by atoms with Gasteiger partial charge in [-0.05, 0) is 72.8 Å². The van der Waals surface area contributed by atoms with Crippen LogP contribution in [0.25, 0.3) is 0 Å². The largest absolute Gasteiger partial charge is 0.371 e. The van der Waals surface area contributed by atoms with Crippen LogP contribution in [-0.2, 0) is 0 Å². The Bertz CT molecular complexity index is 415. The molecule has 1 aromatic carbocycles. The molecule has 1 aliphatic rings. The minimum Gasteiger partial charge on any atom is -0.371 e. The third-order valence-corrected chi connectivity index (χ3v) is 4.52. The molecule has 0 aliphatic heterocycles. The average Bonchev–Trinajstić information content (AvgIpc) is 3.20. The molecule has 0 saturated heterocycles. The highest BCUT2D eigenvalue weighted by molar-refractivity contribution is 9.10. The summed E-state index contributed by atoms with van der Waals surface area (Å²) < 4.78 is 1.22. The molecule has 1 aliphatic carbocycles. The first-order chi connectivity index (χ1) is 9.15. The number of halogens is 1. The maximum atomic E-state index is 3.75. The highest BCUT2D eigenvalue weighted by Gasteiger charge is 2.24. The SMILES string of the molecule is CCNC(C)c1ccc(N(CC)CC2CC2)c(Br)c1. The van der Waals surface area contributed by atoms with E-state index in [0.717, 1.165) is 19.0 Å². The van der Waals surface area contributed by atoms with E-state index in [9.17, 15) is 0 Å². The summed E-state index contributed by atoms with van der Waals surface area (Å²) in [5.74, 6) is 0.923. The highest BCUT2D eigenvalue weighted by Crippen LogP contribution is 2.34. The van der Waals surface area contributed by atoms with Gasteiger partial charge in [-0.1, -0.05) is 13.0 Å². The predicted molar refractivity (Wildman–Crippen MR) is 86.8 cm³/mol. The normalized spacial score (nSPS) is 16.4. The molecule has 1 fully saturated rings. The zero-order valence-electron chi connectivity index (χ0n) is 12.2. The molecular formula is C16H25BrN2. The Balaban J connectivity index is 2.12. The monoisotopic (exact) mass is 324 g/mol. The summed E-state index contributed by atoms with van der Waals surface area (Å²) in [6.07, 6.45) is 2.81. The summed E-state index contributed by atoms with van der Waals surface area (Å²) >= 11 is 3.75. The van der Waals surface area contributed by atoms with Crippen molar-refractivity contribution in [1.82, 2.24) is 5.32 Å². The number of nitrogens with one attached hydrogen (secondary N) is 1. The molecule has 19 heavy (non-hydrogen) atoms. The standard InChI is InChI=1S/C16H25BrN2/c1-4-18-12(3)14-8-9-16(15(17)10-14)19(5-2)11-13-6-7-13/h8-10,12-13,18H,4-7,11H2,1-3H3. The quantitative estimate of drug-likeness (QED) is 0.801. The Morgan fingerprint density at radius 3 is 2.63 bits per heavy atom.